The van der Waals surface area contributed by atoms with Gasteiger partial charge in [-0.3, -0.25) is 20.2 Å². The molecule has 0 saturated heterocycles. The fourth-order valence-electron chi connectivity index (χ4n) is 1.98. The average Bonchev–Trinajstić information content (AvgIpc) is 2.61. The van der Waals surface area contributed by atoms with E-state index in [2.05, 4.69) is 5.10 Å². The Bertz CT molecular complexity index is 1040. The van der Waals surface area contributed by atoms with Crippen LogP contribution in [0.3, 0.4) is 0 Å². The van der Waals surface area contributed by atoms with E-state index in [1.807, 2.05) is 0 Å². The van der Waals surface area contributed by atoms with Gasteiger partial charge in [0.2, 0.25) is 0 Å². The number of ether oxygens (including phenoxy) is 1. The molecule has 0 aliphatic carbocycles. The van der Waals surface area contributed by atoms with Crippen LogP contribution in [0.5, 0.6) is 11.5 Å². The molecule has 13 heteroatoms. The van der Waals surface area contributed by atoms with Crippen LogP contribution in [-0.2, 0) is 10.0 Å². The van der Waals surface area contributed by atoms with Crippen molar-refractivity contribution >= 4 is 27.6 Å². The highest BCUT2D eigenvalue weighted by Crippen LogP contribution is 2.32. The number of non-ortho nitro benzene ring substituents is 1. The number of nitro benzene ring substituents is 2. The summed E-state index contributed by atoms with van der Waals surface area (Å²) in [6.45, 7) is 0. The molecule has 2 aromatic carbocycles. The third kappa shape index (κ3) is 4.46. The van der Waals surface area contributed by atoms with Crippen LogP contribution in [0.15, 0.2) is 46.4 Å². The zero-order valence-corrected chi connectivity index (χ0v) is 14.4. The van der Waals surface area contributed by atoms with E-state index in [0.717, 1.165) is 36.5 Å². The fourth-order valence-corrected chi connectivity index (χ4v) is 2.81. The van der Waals surface area contributed by atoms with Crippen LogP contribution in [0, 0.1) is 20.2 Å². The second-order valence-electron chi connectivity index (χ2n) is 4.95. The Morgan fingerprint density at radius 1 is 1.19 bits per heavy atom. The summed E-state index contributed by atoms with van der Waals surface area (Å²) in [5.41, 5.74) is -1.11. The van der Waals surface area contributed by atoms with Crippen molar-refractivity contribution in [3.05, 3.63) is 62.2 Å². The molecule has 0 aliphatic heterocycles. The van der Waals surface area contributed by atoms with Gasteiger partial charge in [-0.1, -0.05) is 6.07 Å². The molecule has 0 atom stereocenters. The smallest absolute Gasteiger partial charge is 0.282 e. The molecule has 142 valence electrons. The summed E-state index contributed by atoms with van der Waals surface area (Å²) in [5, 5.41) is 34.9. The number of aromatic hydroxyl groups is 1. The number of methoxy groups -OCH3 is 1. The summed E-state index contributed by atoms with van der Waals surface area (Å²) in [6.07, 6.45) is 0.812. The lowest BCUT2D eigenvalue weighted by atomic mass is 10.1. The highest BCUT2D eigenvalue weighted by atomic mass is 32.2. The monoisotopic (exact) mass is 396 g/mol. The number of sulfonamides is 1. The summed E-state index contributed by atoms with van der Waals surface area (Å²) < 4.78 is 29.0. The quantitative estimate of drug-likeness (QED) is 0.402. The molecule has 0 aliphatic rings. The first-order valence-corrected chi connectivity index (χ1v) is 8.48. The number of hydrogen-bond acceptors (Lipinski definition) is 9. The van der Waals surface area contributed by atoms with Gasteiger partial charge in [0.25, 0.3) is 21.4 Å². The number of phenols is 1. The van der Waals surface area contributed by atoms with E-state index in [1.165, 1.54) is 13.2 Å². The number of nitrogens with one attached hydrogen (secondary N) is 1. The Hall–Kier alpha value is -3.74. The minimum atomic E-state index is -4.25. The minimum absolute atomic E-state index is 0.143. The Morgan fingerprint density at radius 2 is 1.89 bits per heavy atom. The van der Waals surface area contributed by atoms with Gasteiger partial charge in [0.1, 0.15) is 0 Å². The normalized spacial score (nSPS) is 11.3. The van der Waals surface area contributed by atoms with E-state index in [1.54, 1.807) is 4.83 Å². The van der Waals surface area contributed by atoms with Crippen LogP contribution in [0.1, 0.15) is 5.56 Å². The summed E-state index contributed by atoms with van der Waals surface area (Å²) in [7, 11) is -3.04. The van der Waals surface area contributed by atoms with Gasteiger partial charge in [-0.2, -0.15) is 13.5 Å². The molecule has 0 saturated carbocycles. The van der Waals surface area contributed by atoms with Gasteiger partial charge in [0.05, 0.1) is 39.7 Å². The maximum atomic E-state index is 12.1. The zero-order chi connectivity index (χ0) is 20.2. The molecule has 2 aromatic rings. The van der Waals surface area contributed by atoms with E-state index < -0.39 is 41.9 Å². The first-order valence-electron chi connectivity index (χ1n) is 7.00. The molecule has 0 unspecified atom stereocenters. The van der Waals surface area contributed by atoms with Crippen molar-refractivity contribution in [1.82, 2.24) is 4.83 Å². The standard InChI is InChI=1S/C14H12N4O8S/c1-26-14-7-12(18(22)23)9(5-13(14)19)8-15-16-27(24,25)11-4-2-3-10(6-11)17(20)21/h2-8,16,19H,1H3/b15-8+. The topological polar surface area (TPSA) is 174 Å². The van der Waals surface area contributed by atoms with Gasteiger partial charge in [-0.25, -0.2) is 4.83 Å². The van der Waals surface area contributed by atoms with Crippen molar-refractivity contribution in [2.75, 3.05) is 7.11 Å². The molecule has 0 amide bonds. The predicted octanol–water partition coefficient (Wildman–Crippen LogP) is 1.53. The highest BCUT2D eigenvalue weighted by molar-refractivity contribution is 7.89. The second kappa shape index (κ2) is 7.65. The maximum absolute atomic E-state index is 12.1. The Kier molecular flexibility index (Phi) is 5.55. The molecule has 0 bridgehead atoms. The van der Waals surface area contributed by atoms with Gasteiger partial charge in [0.15, 0.2) is 11.5 Å². The van der Waals surface area contributed by atoms with Crippen LogP contribution in [0.2, 0.25) is 0 Å². The molecule has 0 spiro atoms. The van der Waals surface area contributed by atoms with Gasteiger partial charge in [0, 0.05) is 12.1 Å². The number of nitro groups is 2. The predicted molar refractivity (Wildman–Crippen MR) is 92.3 cm³/mol. The van der Waals surface area contributed by atoms with Gasteiger partial charge >= 0.3 is 0 Å². The molecule has 0 aromatic heterocycles. The third-order valence-electron chi connectivity index (χ3n) is 3.24. The van der Waals surface area contributed by atoms with Crippen molar-refractivity contribution in [3.8, 4) is 11.5 Å². The van der Waals surface area contributed by atoms with E-state index in [-0.39, 0.29) is 11.3 Å². The van der Waals surface area contributed by atoms with Gasteiger partial charge in [-0.15, -0.1) is 0 Å². The SMILES string of the molecule is COc1cc([N+](=O)[O-])c(/C=N/NS(=O)(=O)c2cccc([N+](=O)[O-])c2)cc1O. The lowest BCUT2D eigenvalue weighted by Crippen LogP contribution is -2.18. The van der Waals surface area contributed by atoms with Crippen molar-refractivity contribution < 1.29 is 28.1 Å². The van der Waals surface area contributed by atoms with E-state index >= 15 is 0 Å². The first kappa shape index (κ1) is 19.6. The van der Waals surface area contributed by atoms with Gasteiger partial charge in [-0.05, 0) is 12.1 Å². The van der Waals surface area contributed by atoms with Crippen LogP contribution in [-0.4, -0.2) is 36.7 Å². The number of benzene rings is 2. The van der Waals surface area contributed by atoms with E-state index in [9.17, 15) is 33.8 Å². The summed E-state index contributed by atoms with van der Waals surface area (Å²) in [5.74, 6) is -0.554. The summed E-state index contributed by atoms with van der Waals surface area (Å²) in [4.78, 5) is 21.7. The van der Waals surface area contributed by atoms with Crippen LogP contribution >= 0.6 is 0 Å². The molecule has 0 heterocycles. The fraction of sp³-hybridized carbons (Fsp3) is 0.0714. The Labute approximate surface area is 152 Å². The van der Waals surface area contributed by atoms with Crippen LogP contribution in [0.4, 0.5) is 11.4 Å². The van der Waals surface area contributed by atoms with Crippen molar-refractivity contribution in [3.63, 3.8) is 0 Å². The molecule has 27 heavy (non-hydrogen) atoms. The molecule has 0 radical (unpaired) electrons. The average molecular weight is 396 g/mol. The van der Waals surface area contributed by atoms with Crippen molar-refractivity contribution in [2.24, 2.45) is 5.10 Å². The number of hydrazone groups is 1. The molecular formula is C14H12N4O8S. The minimum Gasteiger partial charge on any atom is -0.504 e. The van der Waals surface area contributed by atoms with Crippen molar-refractivity contribution in [1.29, 1.82) is 0 Å². The van der Waals surface area contributed by atoms with E-state index in [4.69, 9.17) is 4.74 Å². The largest absolute Gasteiger partial charge is 0.504 e. The van der Waals surface area contributed by atoms with Crippen LogP contribution < -0.4 is 9.57 Å². The zero-order valence-electron chi connectivity index (χ0n) is 13.6. The van der Waals surface area contributed by atoms with Gasteiger partial charge < -0.3 is 9.84 Å². The van der Waals surface area contributed by atoms with Crippen molar-refractivity contribution in [2.45, 2.75) is 4.90 Å². The van der Waals surface area contributed by atoms with E-state index in [0.29, 0.717) is 0 Å². The Balaban J connectivity index is 2.31. The lowest BCUT2D eigenvalue weighted by Gasteiger charge is -2.05. The second-order valence-corrected chi connectivity index (χ2v) is 6.61. The lowest BCUT2D eigenvalue weighted by molar-refractivity contribution is -0.385. The molecule has 2 N–H and O–H groups in total. The first-order chi connectivity index (χ1) is 12.7. The maximum Gasteiger partial charge on any atom is 0.282 e. The number of rotatable bonds is 7. The summed E-state index contributed by atoms with van der Waals surface area (Å²) >= 11 is 0. The highest BCUT2D eigenvalue weighted by Gasteiger charge is 2.19. The Morgan fingerprint density at radius 3 is 2.48 bits per heavy atom. The third-order valence-corrected chi connectivity index (χ3v) is 4.46. The molecule has 2 rings (SSSR count). The number of nitrogens with zero attached hydrogens (tertiary/aromatic N) is 3. The molecular weight excluding hydrogens is 384 g/mol. The van der Waals surface area contributed by atoms with Crippen LogP contribution in [0.25, 0.3) is 0 Å². The number of phenolic OH excluding ortho intramolecular Hbond substituents is 1. The summed E-state index contributed by atoms with van der Waals surface area (Å²) in [6, 6.07) is 6.18. The molecule has 12 nitrogen and oxygen atoms in total. The molecule has 0 fully saturated rings. The number of hydrogen-bond donors (Lipinski definition) is 2.